The first-order valence-corrected chi connectivity index (χ1v) is 7.65. The second-order valence-electron chi connectivity index (χ2n) is 6.09. The lowest BCUT2D eigenvalue weighted by molar-refractivity contribution is -0.00636. The molecular formula is C15H25N3O2. The van der Waals surface area contributed by atoms with E-state index in [4.69, 9.17) is 9.47 Å². The van der Waals surface area contributed by atoms with Crippen LogP contribution in [0, 0.1) is 6.92 Å². The molecule has 5 heteroatoms. The molecule has 0 bridgehead atoms. The molecule has 0 spiro atoms. The maximum atomic E-state index is 5.67. The van der Waals surface area contributed by atoms with Gasteiger partial charge in [-0.1, -0.05) is 12.8 Å². The molecule has 0 aromatic carbocycles. The van der Waals surface area contributed by atoms with E-state index in [1.165, 1.54) is 25.7 Å². The first-order valence-electron chi connectivity index (χ1n) is 7.65. The van der Waals surface area contributed by atoms with Crippen molar-refractivity contribution in [3.63, 3.8) is 0 Å². The highest BCUT2D eigenvalue weighted by molar-refractivity contribution is 5.30. The monoisotopic (exact) mass is 279 g/mol. The van der Waals surface area contributed by atoms with E-state index in [9.17, 15) is 0 Å². The van der Waals surface area contributed by atoms with Gasteiger partial charge in [0.25, 0.3) is 0 Å². The van der Waals surface area contributed by atoms with Crippen LogP contribution in [0.4, 0.5) is 5.95 Å². The number of ether oxygens (including phenoxy) is 2. The molecule has 1 saturated heterocycles. The SMILES string of the molecule is COC1(CNc2nc(C)cn2C2CCCC2)CCOC1. The maximum Gasteiger partial charge on any atom is 0.203 e. The summed E-state index contributed by atoms with van der Waals surface area (Å²) in [4.78, 5) is 4.64. The van der Waals surface area contributed by atoms with Gasteiger partial charge in [-0.3, -0.25) is 0 Å². The van der Waals surface area contributed by atoms with Crippen LogP contribution in [0.2, 0.25) is 0 Å². The van der Waals surface area contributed by atoms with E-state index in [-0.39, 0.29) is 5.60 Å². The van der Waals surface area contributed by atoms with Crippen LogP contribution in [0.25, 0.3) is 0 Å². The molecule has 1 aromatic heterocycles. The number of rotatable bonds is 5. The minimum absolute atomic E-state index is 0.194. The highest BCUT2D eigenvalue weighted by atomic mass is 16.5. The Labute approximate surface area is 120 Å². The average Bonchev–Trinajstić information content (AvgIpc) is 3.17. The summed E-state index contributed by atoms with van der Waals surface area (Å²) in [5.41, 5.74) is 0.883. The summed E-state index contributed by atoms with van der Waals surface area (Å²) in [6.07, 6.45) is 8.31. The highest BCUT2D eigenvalue weighted by Crippen LogP contribution is 2.32. The van der Waals surface area contributed by atoms with Crippen LogP contribution < -0.4 is 5.32 Å². The summed E-state index contributed by atoms with van der Waals surface area (Å²) in [7, 11) is 1.77. The zero-order valence-corrected chi connectivity index (χ0v) is 12.5. The fourth-order valence-electron chi connectivity index (χ4n) is 3.31. The van der Waals surface area contributed by atoms with E-state index in [2.05, 4.69) is 28.0 Å². The van der Waals surface area contributed by atoms with E-state index < -0.39 is 0 Å². The van der Waals surface area contributed by atoms with Gasteiger partial charge in [0.1, 0.15) is 5.60 Å². The van der Waals surface area contributed by atoms with Gasteiger partial charge in [-0.05, 0) is 19.8 Å². The molecule has 1 saturated carbocycles. The van der Waals surface area contributed by atoms with Crippen LogP contribution in [0.3, 0.4) is 0 Å². The standard InChI is InChI=1S/C15H25N3O2/c1-12-9-18(13-5-3-4-6-13)14(17-12)16-10-15(19-2)7-8-20-11-15/h9,13H,3-8,10-11H2,1-2H3,(H,16,17). The quantitative estimate of drug-likeness (QED) is 0.899. The number of aryl methyl sites for hydroxylation is 1. The zero-order valence-electron chi connectivity index (χ0n) is 12.5. The normalized spacial score (nSPS) is 27.3. The molecule has 1 atom stereocenters. The maximum absolute atomic E-state index is 5.67. The van der Waals surface area contributed by atoms with Gasteiger partial charge in [-0.15, -0.1) is 0 Å². The molecule has 1 aliphatic heterocycles. The molecule has 1 N–H and O–H groups in total. The summed E-state index contributed by atoms with van der Waals surface area (Å²) in [6, 6.07) is 0.608. The van der Waals surface area contributed by atoms with E-state index >= 15 is 0 Å². The molecule has 112 valence electrons. The second-order valence-corrected chi connectivity index (χ2v) is 6.09. The first kappa shape index (κ1) is 13.9. The fourth-order valence-corrected chi connectivity index (χ4v) is 3.31. The number of hydrogen-bond acceptors (Lipinski definition) is 4. The van der Waals surface area contributed by atoms with Crippen LogP contribution in [0.15, 0.2) is 6.20 Å². The lowest BCUT2D eigenvalue weighted by atomic mass is 10.0. The van der Waals surface area contributed by atoms with Crippen molar-refractivity contribution in [2.75, 3.05) is 32.2 Å². The Balaban J connectivity index is 1.70. The molecule has 1 unspecified atom stereocenters. The Morgan fingerprint density at radius 1 is 1.50 bits per heavy atom. The van der Waals surface area contributed by atoms with Gasteiger partial charge >= 0.3 is 0 Å². The van der Waals surface area contributed by atoms with Crippen molar-refractivity contribution in [1.29, 1.82) is 0 Å². The molecule has 0 amide bonds. The molecular weight excluding hydrogens is 254 g/mol. The summed E-state index contributed by atoms with van der Waals surface area (Å²) < 4.78 is 13.5. The van der Waals surface area contributed by atoms with Crippen molar-refractivity contribution < 1.29 is 9.47 Å². The van der Waals surface area contributed by atoms with Gasteiger partial charge in [0.2, 0.25) is 5.95 Å². The van der Waals surface area contributed by atoms with Crippen LogP contribution in [0.1, 0.15) is 43.8 Å². The van der Waals surface area contributed by atoms with Crippen molar-refractivity contribution in [3.8, 4) is 0 Å². The Bertz CT molecular complexity index is 446. The smallest absolute Gasteiger partial charge is 0.203 e. The Morgan fingerprint density at radius 2 is 2.30 bits per heavy atom. The molecule has 20 heavy (non-hydrogen) atoms. The molecule has 2 fully saturated rings. The third-order valence-electron chi connectivity index (χ3n) is 4.64. The largest absolute Gasteiger partial charge is 0.378 e. The number of imidazole rings is 1. The van der Waals surface area contributed by atoms with Crippen molar-refractivity contribution in [1.82, 2.24) is 9.55 Å². The van der Waals surface area contributed by atoms with Gasteiger partial charge in [-0.25, -0.2) is 4.98 Å². The minimum atomic E-state index is -0.194. The van der Waals surface area contributed by atoms with Crippen molar-refractivity contribution in [2.45, 2.75) is 50.7 Å². The van der Waals surface area contributed by atoms with Gasteiger partial charge < -0.3 is 19.4 Å². The average molecular weight is 279 g/mol. The third-order valence-corrected chi connectivity index (χ3v) is 4.64. The highest BCUT2D eigenvalue weighted by Gasteiger charge is 2.35. The van der Waals surface area contributed by atoms with E-state index in [0.717, 1.165) is 31.2 Å². The molecule has 1 aliphatic carbocycles. The fraction of sp³-hybridized carbons (Fsp3) is 0.800. The van der Waals surface area contributed by atoms with Crippen molar-refractivity contribution in [3.05, 3.63) is 11.9 Å². The third kappa shape index (κ3) is 2.69. The molecule has 2 heterocycles. The molecule has 1 aromatic rings. The predicted octanol–water partition coefficient (Wildman–Crippen LogP) is 2.52. The summed E-state index contributed by atoms with van der Waals surface area (Å²) in [5.74, 6) is 0.984. The van der Waals surface area contributed by atoms with Gasteiger partial charge in [0, 0.05) is 38.9 Å². The van der Waals surface area contributed by atoms with E-state index in [0.29, 0.717) is 12.6 Å². The molecule has 5 nitrogen and oxygen atoms in total. The molecule has 2 aliphatic rings. The second kappa shape index (κ2) is 5.74. The van der Waals surface area contributed by atoms with Gasteiger partial charge in [0.15, 0.2) is 0 Å². The molecule has 0 radical (unpaired) electrons. The van der Waals surface area contributed by atoms with Crippen LogP contribution in [-0.2, 0) is 9.47 Å². The number of aromatic nitrogens is 2. The van der Waals surface area contributed by atoms with Gasteiger partial charge in [-0.2, -0.15) is 0 Å². The number of hydrogen-bond donors (Lipinski definition) is 1. The number of nitrogens with zero attached hydrogens (tertiary/aromatic N) is 2. The summed E-state index contributed by atoms with van der Waals surface area (Å²) >= 11 is 0. The lowest BCUT2D eigenvalue weighted by Gasteiger charge is -2.26. The first-order chi connectivity index (χ1) is 9.72. The van der Waals surface area contributed by atoms with E-state index in [1.54, 1.807) is 7.11 Å². The van der Waals surface area contributed by atoms with Crippen molar-refractivity contribution >= 4 is 5.95 Å². The summed E-state index contributed by atoms with van der Waals surface area (Å²) in [5, 5.41) is 3.49. The Kier molecular flexibility index (Phi) is 3.98. The van der Waals surface area contributed by atoms with Gasteiger partial charge in [0.05, 0.1) is 12.3 Å². The van der Waals surface area contributed by atoms with Crippen LogP contribution >= 0.6 is 0 Å². The Hall–Kier alpha value is -1.07. The zero-order chi connectivity index (χ0) is 14.0. The lowest BCUT2D eigenvalue weighted by Crippen LogP contribution is -2.40. The number of nitrogens with one attached hydrogen (secondary N) is 1. The van der Waals surface area contributed by atoms with E-state index in [1.807, 2.05) is 0 Å². The Morgan fingerprint density at radius 3 is 2.95 bits per heavy atom. The summed E-state index contributed by atoms with van der Waals surface area (Å²) in [6.45, 7) is 4.26. The minimum Gasteiger partial charge on any atom is -0.378 e. The molecule has 3 rings (SSSR count). The number of methoxy groups -OCH3 is 1. The van der Waals surface area contributed by atoms with Crippen molar-refractivity contribution in [2.24, 2.45) is 0 Å². The van der Waals surface area contributed by atoms with Crippen LogP contribution in [-0.4, -0.2) is 42.0 Å². The number of anilines is 1. The van der Waals surface area contributed by atoms with Crippen LogP contribution in [0.5, 0.6) is 0 Å². The predicted molar refractivity (Wildman–Crippen MR) is 78.1 cm³/mol. The topological polar surface area (TPSA) is 48.3 Å².